The Balaban J connectivity index is 3.06. The van der Waals surface area contributed by atoms with Crippen molar-refractivity contribution >= 4 is 23.5 Å². The minimum atomic E-state index is 0.460. The van der Waals surface area contributed by atoms with E-state index in [1.807, 2.05) is 0 Å². The Bertz CT molecular complexity index is 499. The first-order chi connectivity index (χ1) is 11.0. The summed E-state index contributed by atoms with van der Waals surface area (Å²) in [5.74, 6) is 0.903. The molecule has 0 fully saturated rings. The van der Waals surface area contributed by atoms with Crippen LogP contribution in [0.5, 0.6) is 0 Å². The number of anilines is 1. The Hall–Kier alpha value is -1.09. The van der Waals surface area contributed by atoms with E-state index in [2.05, 4.69) is 55.7 Å². The first kappa shape index (κ1) is 20.0. The van der Waals surface area contributed by atoms with E-state index in [4.69, 9.17) is 11.6 Å². The van der Waals surface area contributed by atoms with E-state index in [9.17, 15) is 0 Å². The van der Waals surface area contributed by atoms with Gasteiger partial charge in [0, 0.05) is 13.1 Å². The molecule has 0 amide bonds. The van der Waals surface area contributed by atoms with E-state index in [0.717, 1.165) is 17.9 Å². The highest BCUT2D eigenvalue weighted by Gasteiger charge is 2.19. The summed E-state index contributed by atoms with van der Waals surface area (Å²) in [7, 11) is 2.13. The van der Waals surface area contributed by atoms with Gasteiger partial charge in [-0.2, -0.15) is 0 Å². The number of unbranched alkanes of at least 4 members (excludes halogenated alkanes) is 2. The van der Waals surface area contributed by atoms with Gasteiger partial charge in [-0.05, 0) is 32.3 Å². The van der Waals surface area contributed by atoms with E-state index >= 15 is 0 Å². The van der Waals surface area contributed by atoms with E-state index in [-0.39, 0.29) is 0 Å². The number of allylic oxidation sites excluding steroid dienone is 1. The maximum Gasteiger partial charge on any atom is 0.156 e. The van der Waals surface area contributed by atoms with Crippen molar-refractivity contribution < 1.29 is 0 Å². The molecule has 1 rings (SSSR count). The summed E-state index contributed by atoms with van der Waals surface area (Å²) in [6.45, 7) is 8.78. The third-order valence-electron chi connectivity index (χ3n) is 4.34. The first-order valence-corrected chi connectivity index (χ1v) is 9.33. The molecule has 130 valence electrons. The van der Waals surface area contributed by atoms with Crippen molar-refractivity contribution in [1.82, 2.24) is 9.97 Å². The van der Waals surface area contributed by atoms with Gasteiger partial charge in [-0.15, -0.1) is 0 Å². The number of hydrogen-bond donors (Lipinski definition) is 0. The quantitative estimate of drug-likeness (QED) is 0.481. The maximum atomic E-state index is 6.12. The molecule has 0 saturated heterocycles. The normalized spacial score (nSPS) is 13.2. The van der Waals surface area contributed by atoms with E-state index in [1.165, 1.54) is 44.1 Å². The number of hydrogen-bond acceptors (Lipinski definition) is 3. The van der Waals surface area contributed by atoms with Gasteiger partial charge in [0.05, 0.1) is 6.20 Å². The Labute approximate surface area is 147 Å². The summed E-state index contributed by atoms with van der Waals surface area (Å²) >= 11 is 6.12. The zero-order valence-electron chi connectivity index (χ0n) is 15.4. The molecule has 23 heavy (non-hydrogen) atoms. The van der Waals surface area contributed by atoms with Gasteiger partial charge in [-0.1, -0.05) is 63.6 Å². The van der Waals surface area contributed by atoms with Crippen LogP contribution >= 0.6 is 11.6 Å². The first-order valence-electron chi connectivity index (χ1n) is 8.95. The molecule has 3 nitrogen and oxygen atoms in total. The molecule has 0 spiro atoms. The van der Waals surface area contributed by atoms with Crippen LogP contribution in [0.25, 0.3) is 6.08 Å². The summed E-state index contributed by atoms with van der Waals surface area (Å²) in [6, 6.07) is 0.494. The molecular weight excluding hydrogens is 306 g/mol. The maximum absolute atomic E-state index is 6.12. The summed E-state index contributed by atoms with van der Waals surface area (Å²) in [5, 5.41) is 0.460. The van der Waals surface area contributed by atoms with Crippen LogP contribution < -0.4 is 4.90 Å². The van der Waals surface area contributed by atoms with Gasteiger partial charge in [-0.25, -0.2) is 9.97 Å². The van der Waals surface area contributed by atoms with Crippen molar-refractivity contribution in [2.24, 2.45) is 0 Å². The molecule has 1 unspecified atom stereocenters. The smallest absolute Gasteiger partial charge is 0.156 e. The molecule has 0 N–H and O–H groups in total. The minimum absolute atomic E-state index is 0.460. The van der Waals surface area contributed by atoms with E-state index in [0.29, 0.717) is 11.2 Å². The summed E-state index contributed by atoms with van der Waals surface area (Å²) in [6.07, 6.45) is 12.1. The van der Waals surface area contributed by atoms with Crippen molar-refractivity contribution in [2.75, 3.05) is 11.9 Å². The number of halogens is 1. The molecule has 0 radical (unpaired) electrons. The van der Waals surface area contributed by atoms with Crippen molar-refractivity contribution in [3.8, 4) is 0 Å². The molecule has 1 atom stereocenters. The second-order valence-corrected chi connectivity index (χ2v) is 6.68. The van der Waals surface area contributed by atoms with Crippen LogP contribution in [0.15, 0.2) is 11.8 Å². The van der Waals surface area contributed by atoms with E-state index in [1.54, 1.807) is 6.20 Å². The minimum Gasteiger partial charge on any atom is -0.355 e. The lowest BCUT2D eigenvalue weighted by Gasteiger charge is -2.30. The number of rotatable bonds is 10. The average molecular weight is 338 g/mol. The molecule has 1 aromatic heterocycles. The van der Waals surface area contributed by atoms with Gasteiger partial charge < -0.3 is 4.90 Å². The monoisotopic (exact) mass is 337 g/mol. The fraction of sp³-hybridized carbons (Fsp3) is 0.684. The average Bonchev–Trinajstić information content (AvgIpc) is 2.55. The standard InChI is InChI=1S/C19H32ClN3/c1-6-9-10-12-16(11-7-2)23(5)19-17(13-15(4)8-3)21-14-18(20)22-19/h13-14,16H,6-12H2,1-5H3/b15-13-. The van der Waals surface area contributed by atoms with Crippen molar-refractivity contribution in [2.45, 2.75) is 78.7 Å². The summed E-state index contributed by atoms with van der Waals surface area (Å²) in [4.78, 5) is 11.4. The van der Waals surface area contributed by atoms with Crippen LogP contribution in [-0.2, 0) is 0 Å². The Morgan fingerprint density at radius 3 is 2.57 bits per heavy atom. The highest BCUT2D eigenvalue weighted by molar-refractivity contribution is 6.29. The Morgan fingerprint density at radius 1 is 1.22 bits per heavy atom. The second-order valence-electron chi connectivity index (χ2n) is 6.30. The van der Waals surface area contributed by atoms with Gasteiger partial charge in [-0.3, -0.25) is 0 Å². The fourth-order valence-corrected chi connectivity index (χ4v) is 2.86. The molecule has 0 aromatic carbocycles. The molecular formula is C19H32ClN3. The highest BCUT2D eigenvalue weighted by Crippen LogP contribution is 2.25. The lowest BCUT2D eigenvalue weighted by Crippen LogP contribution is -2.33. The molecule has 1 aromatic rings. The van der Waals surface area contributed by atoms with E-state index < -0.39 is 0 Å². The predicted octanol–water partition coefficient (Wildman–Crippen LogP) is 6.13. The Morgan fingerprint density at radius 2 is 1.96 bits per heavy atom. The molecule has 0 aliphatic rings. The number of aromatic nitrogens is 2. The molecule has 0 bridgehead atoms. The third-order valence-corrected chi connectivity index (χ3v) is 4.52. The summed E-state index contributed by atoms with van der Waals surface area (Å²) < 4.78 is 0. The highest BCUT2D eigenvalue weighted by atomic mass is 35.5. The van der Waals surface area contributed by atoms with Crippen LogP contribution in [0, 0.1) is 0 Å². The topological polar surface area (TPSA) is 29.0 Å². The van der Waals surface area contributed by atoms with Gasteiger partial charge in [0.1, 0.15) is 10.8 Å². The van der Waals surface area contributed by atoms with Crippen molar-refractivity contribution in [3.63, 3.8) is 0 Å². The lowest BCUT2D eigenvalue weighted by molar-refractivity contribution is 0.500. The molecule has 1 heterocycles. The zero-order chi connectivity index (χ0) is 17.2. The predicted molar refractivity (Wildman–Crippen MR) is 102 cm³/mol. The van der Waals surface area contributed by atoms with Gasteiger partial charge in [0.15, 0.2) is 5.82 Å². The molecule has 4 heteroatoms. The van der Waals surface area contributed by atoms with Gasteiger partial charge in [0.25, 0.3) is 0 Å². The molecule has 0 aliphatic heterocycles. The van der Waals surface area contributed by atoms with Crippen molar-refractivity contribution in [3.05, 3.63) is 22.6 Å². The van der Waals surface area contributed by atoms with Gasteiger partial charge in [0.2, 0.25) is 0 Å². The third kappa shape index (κ3) is 6.50. The lowest BCUT2D eigenvalue weighted by atomic mass is 10.0. The van der Waals surface area contributed by atoms with Crippen LogP contribution in [0.3, 0.4) is 0 Å². The SMILES string of the molecule is CCCCCC(CCC)N(C)c1nc(Cl)cnc1/C=C(/C)CC. The van der Waals surface area contributed by atoms with Gasteiger partial charge >= 0.3 is 0 Å². The molecule has 0 aliphatic carbocycles. The van der Waals surface area contributed by atoms with Crippen LogP contribution in [-0.4, -0.2) is 23.1 Å². The summed E-state index contributed by atoms with van der Waals surface area (Å²) in [5.41, 5.74) is 2.22. The number of nitrogens with zero attached hydrogens (tertiary/aromatic N) is 3. The zero-order valence-corrected chi connectivity index (χ0v) is 16.2. The largest absolute Gasteiger partial charge is 0.355 e. The molecule has 0 saturated carbocycles. The van der Waals surface area contributed by atoms with Crippen LogP contribution in [0.1, 0.15) is 78.3 Å². The van der Waals surface area contributed by atoms with Crippen LogP contribution in [0.2, 0.25) is 5.15 Å². The fourth-order valence-electron chi connectivity index (χ4n) is 2.73. The van der Waals surface area contributed by atoms with Crippen molar-refractivity contribution in [1.29, 1.82) is 0 Å². The second kappa shape index (κ2) is 10.6. The van der Waals surface area contributed by atoms with Crippen LogP contribution in [0.4, 0.5) is 5.82 Å². The Kier molecular flexibility index (Phi) is 9.23.